The van der Waals surface area contributed by atoms with E-state index in [1.165, 1.54) is 0 Å². The third-order valence-corrected chi connectivity index (χ3v) is 4.08. The van der Waals surface area contributed by atoms with E-state index in [9.17, 15) is 4.79 Å². The van der Waals surface area contributed by atoms with Gasteiger partial charge in [-0.3, -0.25) is 4.79 Å². The van der Waals surface area contributed by atoms with Crippen molar-refractivity contribution in [1.82, 2.24) is 10.6 Å². The number of ether oxygens (including phenoxy) is 1. The zero-order valence-electron chi connectivity index (χ0n) is 12.9. The molecule has 3 unspecified atom stereocenters. The predicted molar refractivity (Wildman–Crippen MR) is 87.3 cm³/mol. The van der Waals surface area contributed by atoms with Crippen LogP contribution >= 0.6 is 12.4 Å². The van der Waals surface area contributed by atoms with Gasteiger partial charge in [0.05, 0.1) is 13.0 Å². The molecule has 1 aliphatic rings. The van der Waals surface area contributed by atoms with Gasteiger partial charge in [-0.15, -0.1) is 12.4 Å². The Morgan fingerprint density at radius 2 is 2.24 bits per heavy atom. The van der Waals surface area contributed by atoms with E-state index in [0.29, 0.717) is 6.04 Å². The highest BCUT2D eigenvalue weighted by Crippen LogP contribution is 2.21. The lowest BCUT2D eigenvalue weighted by Crippen LogP contribution is -2.52. The summed E-state index contributed by atoms with van der Waals surface area (Å²) in [7, 11) is 1.64. The number of hydrogen-bond acceptors (Lipinski definition) is 3. The maximum Gasteiger partial charge on any atom is 0.227 e. The van der Waals surface area contributed by atoms with Gasteiger partial charge in [0.2, 0.25) is 5.91 Å². The summed E-state index contributed by atoms with van der Waals surface area (Å²) in [6.45, 7) is 5.10. The van der Waals surface area contributed by atoms with Crippen LogP contribution in [0, 0.1) is 0 Å². The minimum absolute atomic E-state index is 0. The van der Waals surface area contributed by atoms with Crippen molar-refractivity contribution < 1.29 is 9.53 Å². The van der Waals surface area contributed by atoms with Gasteiger partial charge in [0.15, 0.2) is 0 Å². The molecule has 2 N–H and O–H groups in total. The zero-order valence-corrected chi connectivity index (χ0v) is 13.7. The van der Waals surface area contributed by atoms with Crippen molar-refractivity contribution in [2.45, 2.75) is 44.7 Å². The summed E-state index contributed by atoms with van der Waals surface area (Å²) in [6.07, 6.45) is 2.16. The Balaban J connectivity index is 0.00000220. The number of nitrogens with one attached hydrogen (secondary N) is 2. The number of benzene rings is 1. The number of piperidine rings is 1. The molecule has 1 fully saturated rings. The molecule has 0 bridgehead atoms. The summed E-state index contributed by atoms with van der Waals surface area (Å²) in [6, 6.07) is 8.26. The number of halogens is 1. The molecule has 1 aliphatic heterocycles. The highest BCUT2D eigenvalue weighted by Gasteiger charge is 2.25. The summed E-state index contributed by atoms with van der Waals surface area (Å²) >= 11 is 0. The largest absolute Gasteiger partial charge is 0.497 e. The number of carbonyl (C=O) groups excluding carboxylic acids is 1. The maximum atomic E-state index is 12.4. The summed E-state index contributed by atoms with van der Waals surface area (Å²) in [5, 5.41) is 6.56. The molecule has 1 aromatic rings. The first-order valence-electron chi connectivity index (χ1n) is 7.29. The second-order valence-corrected chi connectivity index (χ2v) is 5.50. The minimum atomic E-state index is -0.167. The lowest BCUT2D eigenvalue weighted by Gasteiger charge is -2.31. The monoisotopic (exact) mass is 312 g/mol. The molecule has 0 aromatic heterocycles. The Bertz CT molecular complexity index is 467. The molecule has 3 atom stereocenters. The van der Waals surface area contributed by atoms with Gasteiger partial charge in [0, 0.05) is 12.1 Å². The molecule has 1 saturated heterocycles. The Morgan fingerprint density at radius 1 is 1.48 bits per heavy atom. The molecule has 118 valence electrons. The molecule has 2 rings (SSSR count). The van der Waals surface area contributed by atoms with Gasteiger partial charge in [0.1, 0.15) is 5.75 Å². The minimum Gasteiger partial charge on any atom is -0.497 e. The molecule has 5 heteroatoms. The van der Waals surface area contributed by atoms with E-state index in [1.807, 2.05) is 31.2 Å². The van der Waals surface area contributed by atoms with Crippen molar-refractivity contribution in [2.75, 3.05) is 13.7 Å². The third-order valence-electron chi connectivity index (χ3n) is 4.08. The third kappa shape index (κ3) is 4.61. The van der Waals surface area contributed by atoms with Crippen LogP contribution in [0.5, 0.6) is 5.75 Å². The first kappa shape index (κ1) is 17.8. The van der Waals surface area contributed by atoms with Crippen LogP contribution in [0.25, 0.3) is 0 Å². The molecule has 0 saturated carbocycles. The fraction of sp³-hybridized carbons (Fsp3) is 0.562. The van der Waals surface area contributed by atoms with Crippen LogP contribution < -0.4 is 15.4 Å². The van der Waals surface area contributed by atoms with Crippen LogP contribution in [0.1, 0.15) is 38.2 Å². The fourth-order valence-corrected chi connectivity index (χ4v) is 2.61. The molecular formula is C16H25ClN2O2. The molecule has 1 amide bonds. The van der Waals surface area contributed by atoms with Crippen LogP contribution in [-0.4, -0.2) is 31.6 Å². The Kier molecular flexibility index (Phi) is 6.99. The predicted octanol–water partition coefficient (Wildman–Crippen LogP) is 2.48. The highest BCUT2D eigenvalue weighted by atomic mass is 35.5. The molecule has 1 heterocycles. The SMILES string of the molecule is COc1cccc(C(C)C(=O)NC2CCCNC2C)c1.Cl. The smallest absolute Gasteiger partial charge is 0.227 e. The number of hydrogen-bond donors (Lipinski definition) is 2. The topological polar surface area (TPSA) is 50.4 Å². The van der Waals surface area contributed by atoms with E-state index in [2.05, 4.69) is 17.6 Å². The van der Waals surface area contributed by atoms with Crippen molar-refractivity contribution in [3.8, 4) is 5.75 Å². The van der Waals surface area contributed by atoms with Gasteiger partial charge >= 0.3 is 0 Å². The lowest BCUT2D eigenvalue weighted by molar-refractivity contribution is -0.123. The van der Waals surface area contributed by atoms with Crippen molar-refractivity contribution >= 4 is 18.3 Å². The lowest BCUT2D eigenvalue weighted by atomic mass is 9.96. The first-order valence-corrected chi connectivity index (χ1v) is 7.29. The van der Waals surface area contributed by atoms with E-state index in [4.69, 9.17) is 4.74 Å². The summed E-state index contributed by atoms with van der Waals surface area (Å²) in [4.78, 5) is 12.4. The van der Waals surface area contributed by atoms with Gasteiger partial charge in [0.25, 0.3) is 0 Å². The van der Waals surface area contributed by atoms with E-state index in [1.54, 1.807) is 7.11 Å². The molecule has 4 nitrogen and oxygen atoms in total. The van der Waals surface area contributed by atoms with Crippen LogP contribution in [0.2, 0.25) is 0 Å². The molecule has 0 radical (unpaired) electrons. The maximum absolute atomic E-state index is 12.4. The molecular weight excluding hydrogens is 288 g/mol. The average Bonchev–Trinajstić information content (AvgIpc) is 2.48. The van der Waals surface area contributed by atoms with Gasteiger partial charge in [-0.1, -0.05) is 12.1 Å². The quantitative estimate of drug-likeness (QED) is 0.898. The number of methoxy groups -OCH3 is 1. The van der Waals surface area contributed by atoms with Gasteiger partial charge in [-0.2, -0.15) is 0 Å². The first-order chi connectivity index (χ1) is 9.61. The molecule has 0 aliphatic carbocycles. The highest BCUT2D eigenvalue weighted by molar-refractivity contribution is 5.85. The summed E-state index contributed by atoms with van der Waals surface area (Å²) in [5.41, 5.74) is 0.985. The van der Waals surface area contributed by atoms with Gasteiger partial charge < -0.3 is 15.4 Å². The van der Waals surface area contributed by atoms with E-state index >= 15 is 0 Å². The van der Waals surface area contributed by atoms with Gasteiger partial charge in [-0.05, 0) is 50.9 Å². The fourth-order valence-electron chi connectivity index (χ4n) is 2.61. The Labute approximate surface area is 133 Å². The van der Waals surface area contributed by atoms with Crippen LogP contribution in [-0.2, 0) is 4.79 Å². The van der Waals surface area contributed by atoms with E-state index < -0.39 is 0 Å². The number of carbonyl (C=O) groups is 1. The Hall–Kier alpha value is -1.26. The number of amides is 1. The molecule has 1 aromatic carbocycles. The van der Waals surface area contributed by atoms with E-state index in [0.717, 1.165) is 30.7 Å². The van der Waals surface area contributed by atoms with Crippen molar-refractivity contribution in [3.63, 3.8) is 0 Å². The summed E-state index contributed by atoms with van der Waals surface area (Å²) < 4.78 is 5.21. The standard InChI is InChI=1S/C16H24N2O2.ClH/c1-11(13-6-4-7-14(10-13)20-3)16(19)18-15-8-5-9-17-12(15)2;/h4,6-7,10-12,15,17H,5,8-9H2,1-3H3,(H,18,19);1H. The van der Waals surface area contributed by atoms with Crippen molar-refractivity contribution in [2.24, 2.45) is 0 Å². The van der Waals surface area contributed by atoms with Gasteiger partial charge in [-0.25, -0.2) is 0 Å². The average molecular weight is 313 g/mol. The van der Waals surface area contributed by atoms with Crippen LogP contribution in [0.4, 0.5) is 0 Å². The van der Waals surface area contributed by atoms with Crippen LogP contribution in [0.15, 0.2) is 24.3 Å². The van der Waals surface area contributed by atoms with E-state index in [-0.39, 0.29) is 30.3 Å². The number of rotatable bonds is 4. The summed E-state index contributed by atoms with van der Waals surface area (Å²) in [5.74, 6) is 0.702. The van der Waals surface area contributed by atoms with Crippen LogP contribution in [0.3, 0.4) is 0 Å². The second kappa shape index (κ2) is 8.25. The Morgan fingerprint density at radius 3 is 2.90 bits per heavy atom. The molecule has 0 spiro atoms. The second-order valence-electron chi connectivity index (χ2n) is 5.50. The zero-order chi connectivity index (χ0) is 14.5. The van der Waals surface area contributed by atoms with Crippen molar-refractivity contribution in [1.29, 1.82) is 0 Å². The normalized spacial score (nSPS) is 22.8. The van der Waals surface area contributed by atoms with Crippen molar-refractivity contribution in [3.05, 3.63) is 29.8 Å². The molecule has 21 heavy (non-hydrogen) atoms.